The Morgan fingerprint density at radius 1 is 1.27 bits per heavy atom. The molecular weight excluding hydrogens is 547 g/mol. The van der Waals surface area contributed by atoms with Gasteiger partial charge in [0.2, 0.25) is 5.75 Å². The quantitative estimate of drug-likeness (QED) is 0.456. The van der Waals surface area contributed by atoms with Crippen molar-refractivity contribution in [3.8, 4) is 5.75 Å². The molecule has 2 heterocycles. The molecular formula is C26H37FN4O8S. The van der Waals surface area contributed by atoms with E-state index >= 15 is 0 Å². The number of nitrogens with one attached hydrogen (secondary N) is 1. The maximum atomic E-state index is 13.7. The minimum absolute atomic E-state index is 0.00712. The minimum Gasteiger partial charge on any atom is -0.444 e. The number of nitrogens with zero attached hydrogens (tertiary/aromatic N) is 3. The monoisotopic (exact) mass is 584 g/mol. The van der Waals surface area contributed by atoms with E-state index in [1.807, 2.05) is 0 Å². The molecule has 1 N–H and O–H groups in total. The summed E-state index contributed by atoms with van der Waals surface area (Å²) >= 11 is 0. The van der Waals surface area contributed by atoms with E-state index in [-0.39, 0.29) is 37.2 Å². The SMILES string of the molecule is CCN(C(=O)OC(C)(C)C)C1CC[C@H](OC)Cn2c1nc(C(=O)NCC1C=CC(F)=CC1)c(OS(C)(=O)=O)c2=O. The van der Waals surface area contributed by atoms with Crippen molar-refractivity contribution < 1.29 is 36.1 Å². The second kappa shape index (κ2) is 12.5. The molecule has 2 aliphatic rings. The molecule has 12 nitrogen and oxygen atoms in total. The van der Waals surface area contributed by atoms with Gasteiger partial charge in [0.1, 0.15) is 17.3 Å². The van der Waals surface area contributed by atoms with Crippen LogP contribution in [0.3, 0.4) is 0 Å². The summed E-state index contributed by atoms with van der Waals surface area (Å²) in [6, 6.07) is -0.791. The zero-order chi connectivity index (χ0) is 29.8. The van der Waals surface area contributed by atoms with Crippen molar-refractivity contribution in [2.45, 2.75) is 71.2 Å². The molecule has 222 valence electrons. The van der Waals surface area contributed by atoms with Crippen molar-refractivity contribution in [2.24, 2.45) is 5.92 Å². The van der Waals surface area contributed by atoms with Gasteiger partial charge in [-0.05, 0) is 65.0 Å². The third kappa shape index (κ3) is 7.90. The van der Waals surface area contributed by atoms with Crippen LogP contribution in [-0.4, -0.2) is 73.0 Å². The molecule has 3 atom stereocenters. The number of rotatable bonds is 8. The zero-order valence-corrected chi connectivity index (χ0v) is 24.4. The minimum atomic E-state index is -4.23. The summed E-state index contributed by atoms with van der Waals surface area (Å²) in [4.78, 5) is 46.1. The van der Waals surface area contributed by atoms with Crippen LogP contribution in [0.1, 0.15) is 69.3 Å². The normalized spacial score (nSPS) is 21.1. The fourth-order valence-corrected chi connectivity index (χ4v) is 4.97. The molecule has 14 heteroatoms. The van der Waals surface area contributed by atoms with Crippen molar-refractivity contribution in [3.05, 3.63) is 45.9 Å². The van der Waals surface area contributed by atoms with E-state index in [9.17, 15) is 27.2 Å². The highest BCUT2D eigenvalue weighted by molar-refractivity contribution is 7.86. The van der Waals surface area contributed by atoms with E-state index in [4.69, 9.17) is 13.7 Å². The molecule has 1 aliphatic carbocycles. The maximum Gasteiger partial charge on any atom is 0.410 e. The summed E-state index contributed by atoms with van der Waals surface area (Å²) < 4.78 is 54.8. The average molecular weight is 585 g/mol. The molecule has 0 spiro atoms. The van der Waals surface area contributed by atoms with Crippen LogP contribution in [0.5, 0.6) is 5.75 Å². The summed E-state index contributed by atoms with van der Waals surface area (Å²) in [5.74, 6) is -2.13. The number of amides is 2. The molecule has 0 radical (unpaired) electrons. The predicted molar refractivity (Wildman–Crippen MR) is 144 cm³/mol. The van der Waals surface area contributed by atoms with Crippen LogP contribution >= 0.6 is 0 Å². The first-order valence-corrected chi connectivity index (χ1v) is 14.8. The third-order valence-electron chi connectivity index (χ3n) is 6.40. The maximum absolute atomic E-state index is 13.7. The van der Waals surface area contributed by atoms with E-state index < -0.39 is 56.9 Å². The standard InChI is InChI=1S/C26H37FN4O8S/c1-7-30(25(34)38-26(2,3)4)19-13-12-18(37-5)15-31-22(19)29-20(21(24(31)33)39-40(6,35)36)23(32)28-14-16-8-10-17(27)11-9-16/h8,10-11,16,18-19H,7,9,12-15H2,1-6H3,(H,28,32)/t16?,18-,19?/m0/s1. The van der Waals surface area contributed by atoms with Crippen molar-refractivity contribution in [1.29, 1.82) is 0 Å². The Bertz CT molecular complexity index is 1350. The fourth-order valence-electron chi connectivity index (χ4n) is 4.51. The van der Waals surface area contributed by atoms with Crippen LogP contribution in [0.2, 0.25) is 0 Å². The molecule has 0 saturated carbocycles. The van der Waals surface area contributed by atoms with Gasteiger partial charge in [-0.2, -0.15) is 8.42 Å². The van der Waals surface area contributed by atoms with Gasteiger partial charge in [-0.3, -0.25) is 19.1 Å². The van der Waals surface area contributed by atoms with Crippen molar-refractivity contribution in [2.75, 3.05) is 26.5 Å². The predicted octanol–water partition coefficient (Wildman–Crippen LogP) is 2.85. The fraction of sp³-hybridized carbons (Fsp3) is 0.615. The molecule has 0 saturated heterocycles. The second-order valence-corrected chi connectivity index (χ2v) is 12.3. The summed E-state index contributed by atoms with van der Waals surface area (Å²) in [5.41, 5.74) is -2.23. The third-order valence-corrected chi connectivity index (χ3v) is 6.87. The van der Waals surface area contributed by atoms with E-state index in [2.05, 4.69) is 10.3 Å². The largest absolute Gasteiger partial charge is 0.444 e. The first-order chi connectivity index (χ1) is 18.6. The smallest absolute Gasteiger partial charge is 0.410 e. The first kappa shape index (κ1) is 31.3. The van der Waals surface area contributed by atoms with Crippen molar-refractivity contribution in [3.63, 3.8) is 0 Å². The summed E-state index contributed by atoms with van der Waals surface area (Å²) in [5, 5.41) is 2.63. The van der Waals surface area contributed by atoms with Crippen LogP contribution < -0.4 is 15.1 Å². The van der Waals surface area contributed by atoms with Gasteiger partial charge in [-0.1, -0.05) is 6.08 Å². The number of carbonyl (C=O) groups is 2. The molecule has 1 aliphatic heterocycles. The van der Waals surface area contributed by atoms with Crippen LogP contribution in [0.4, 0.5) is 9.18 Å². The number of aromatic nitrogens is 2. The van der Waals surface area contributed by atoms with Gasteiger partial charge < -0.3 is 19.0 Å². The summed E-state index contributed by atoms with van der Waals surface area (Å²) in [6.07, 6.45) is 5.04. The van der Waals surface area contributed by atoms with Gasteiger partial charge in [0.05, 0.1) is 24.9 Å². The molecule has 3 rings (SSSR count). The molecule has 0 aromatic carbocycles. The van der Waals surface area contributed by atoms with Crippen LogP contribution in [0, 0.1) is 5.92 Å². The Labute approximate surface area is 233 Å². The highest BCUT2D eigenvalue weighted by Crippen LogP contribution is 2.32. The highest BCUT2D eigenvalue weighted by Gasteiger charge is 2.37. The van der Waals surface area contributed by atoms with Gasteiger partial charge >= 0.3 is 16.2 Å². The molecule has 2 unspecified atom stereocenters. The van der Waals surface area contributed by atoms with Gasteiger partial charge in [0, 0.05) is 20.2 Å². The first-order valence-electron chi connectivity index (χ1n) is 13.0. The molecule has 1 aromatic heterocycles. The lowest BCUT2D eigenvalue weighted by molar-refractivity contribution is 0.0139. The van der Waals surface area contributed by atoms with Gasteiger partial charge in [-0.25, -0.2) is 14.2 Å². The summed E-state index contributed by atoms with van der Waals surface area (Å²) in [6.45, 7) is 7.20. The second-order valence-electron chi connectivity index (χ2n) is 10.7. The molecule has 0 bridgehead atoms. The molecule has 2 amide bonds. The van der Waals surface area contributed by atoms with Crippen molar-refractivity contribution >= 4 is 22.1 Å². The molecule has 40 heavy (non-hydrogen) atoms. The Morgan fingerprint density at radius 3 is 2.52 bits per heavy atom. The highest BCUT2D eigenvalue weighted by atomic mass is 32.2. The Hall–Kier alpha value is -3.26. The number of allylic oxidation sites excluding steroid dienone is 3. The van der Waals surface area contributed by atoms with E-state index in [1.165, 1.54) is 28.7 Å². The van der Waals surface area contributed by atoms with Crippen LogP contribution in [0.25, 0.3) is 0 Å². The van der Waals surface area contributed by atoms with Gasteiger partial charge in [0.15, 0.2) is 5.69 Å². The van der Waals surface area contributed by atoms with E-state index in [1.54, 1.807) is 33.8 Å². The lowest BCUT2D eigenvalue weighted by Gasteiger charge is -2.32. The topological polar surface area (TPSA) is 146 Å². The number of halogens is 1. The van der Waals surface area contributed by atoms with E-state index in [0.29, 0.717) is 19.3 Å². The van der Waals surface area contributed by atoms with Crippen molar-refractivity contribution in [1.82, 2.24) is 19.8 Å². The number of hydrogen-bond acceptors (Lipinski definition) is 9. The number of methoxy groups -OCH3 is 1. The molecule has 0 fully saturated rings. The Balaban J connectivity index is 2.12. The number of hydrogen-bond donors (Lipinski definition) is 1. The van der Waals surface area contributed by atoms with Crippen LogP contribution in [0.15, 0.2) is 28.8 Å². The zero-order valence-electron chi connectivity index (χ0n) is 23.6. The lowest BCUT2D eigenvalue weighted by atomic mass is 10.0. The van der Waals surface area contributed by atoms with E-state index in [0.717, 1.165) is 6.26 Å². The number of carbonyl (C=O) groups excluding carboxylic acids is 2. The Morgan fingerprint density at radius 2 is 1.98 bits per heavy atom. The number of ether oxygens (including phenoxy) is 2. The summed E-state index contributed by atoms with van der Waals surface area (Å²) in [7, 11) is -2.75. The average Bonchev–Trinajstić information content (AvgIpc) is 3.03. The molecule has 1 aromatic rings. The van der Waals surface area contributed by atoms with Crippen LogP contribution in [-0.2, 0) is 26.1 Å². The van der Waals surface area contributed by atoms with Gasteiger partial charge in [-0.15, -0.1) is 0 Å². The lowest BCUT2D eigenvalue weighted by Crippen LogP contribution is -2.42. The Kier molecular flexibility index (Phi) is 9.77. The van der Waals surface area contributed by atoms with Gasteiger partial charge in [0.25, 0.3) is 11.5 Å². The number of fused-ring (bicyclic) bond motifs is 1.